The zero-order valence-electron chi connectivity index (χ0n) is 15.0. The van der Waals surface area contributed by atoms with Crippen molar-refractivity contribution in [2.45, 2.75) is 62.7 Å². The highest BCUT2D eigenvalue weighted by molar-refractivity contribution is 5.13. The average molecular weight is 381 g/mol. The topological polar surface area (TPSA) is 146 Å². The zero-order valence-corrected chi connectivity index (χ0v) is 15.0. The lowest BCUT2D eigenvalue weighted by atomic mass is 9.98. The van der Waals surface area contributed by atoms with Crippen LogP contribution in [0.15, 0.2) is 35.4 Å². The van der Waals surface area contributed by atoms with E-state index in [0.717, 1.165) is 5.56 Å². The van der Waals surface area contributed by atoms with Crippen molar-refractivity contribution in [1.82, 2.24) is 0 Å². The minimum Gasteiger partial charge on any atom is -0.393 e. The number of nitrogens with zero attached hydrogens (tertiary/aromatic N) is 3. The van der Waals surface area contributed by atoms with Crippen molar-refractivity contribution >= 4 is 0 Å². The number of aliphatic hydroxyl groups is 3. The van der Waals surface area contributed by atoms with Gasteiger partial charge in [-0.05, 0) is 24.9 Å². The summed E-state index contributed by atoms with van der Waals surface area (Å²) in [6.45, 7) is 2.65. The van der Waals surface area contributed by atoms with Crippen LogP contribution < -0.4 is 0 Å². The molecule has 148 valence electrons. The Morgan fingerprint density at radius 1 is 1.30 bits per heavy atom. The first-order chi connectivity index (χ1) is 12.8. The van der Waals surface area contributed by atoms with Crippen LogP contribution in [0.3, 0.4) is 0 Å². The number of aliphatic hydroxyl groups excluding tert-OH is 2. The van der Waals surface area contributed by atoms with Crippen molar-refractivity contribution in [2.75, 3.05) is 6.61 Å². The number of hydrogen-bond acceptors (Lipinski definition) is 8. The van der Waals surface area contributed by atoms with Gasteiger partial charge in [-0.2, -0.15) is 0 Å². The molecule has 3 N–H and O–H groups in total. The van der Waals surface area contributed by atoms with Gasteiger partial charge >= 0.3 is 0 Å². The first-order valence-corrected chi connectivity index (χ1v) is 8.54. The fourth-order valence-corrected chi connectivity index (χ4v) is 3.26. The lowest BCUT2D eigenvalue weighted by Crippen LogP contribution is -2.54. The molecular weight excluding hydrogens is 358 g/mol. The second-order valence-corrected chi connectivity index (χ2v) is 7.00. The van der Waals surface area contributed by atoms with Crippen molar-refractivity contribution < 1.29 is 34.3 Å². The molecule has 1 aromatic rings. The summed E-state index contributed by atoms with van der Waals surface area (Å²) in [5.41, 5.74) is 7.07. The summed E-state index contributed by atoms with van der Waals surface area (Å²) in [5.74, 6) is -0.957. The van der Waals surface area contributed by atoms with E-state index < -0.39 is 48.8 Å². The molecule has 2 aliphatic rings. The molecule has 0 unspecified atom stereocenters. The number of rotatable bonds is 7. The van der Waals surface area contributed by atoms with Gasteiger partial charge in [-0.3, -0.25) is 0 Å². The lowest BCUT2D eigenvalue weighted by Gasteiger charge is -2.32. The zero-order chi connectivity index (χ0) is 19.7. The summed E-state index contributed by atoms with van der Waals surface area (Å²) in [5, 5.41) is 33.3. The number of ether oxygens (including phenoxy) is 4. The maximum atomic E-state index is 10.5. The molecule has 10 nitrogen and oxygen atoms in total. The Hall–Kier alpha value is -1.75. The Labute approximate surface area is 155 Å². The van der Waals surface area contributed by atoms with Crippen molar-refractivity contribution in [2.24, 2.45) is 5.11 Å². The van der Waals surface area contributed by atoms with E-state index in [4.69, 9.17) is 24.5 Å². The fraction of sp³-hybridized carbons (Fsp3) is 0.647. The predicted octanol–water partition coefficient (Wildman–Crippen LogP) is 0.800. The van der Waals surface area contributed by atoms with Gasteiger partial charge in [0.2, 0.25) is 0 Å². The van der Waals surface area contributed by atoms with Crippen molar-refractivity contribution in [3.8, 4) is 0 Å². The predicted molar refractivity (Wildman–Crippen MR) is 90.9 cm³/mol. The number of hydrogen-bond donors (Lipinski definition) is 3. The van der Waals surface area contributed by atoms with Gasteiger partial charge in [0, 0.05) is 4.91 Å². The van der Waals surface area contributed by atoms with E-state index in [-0.39, 0.29) is 6.61 Å². The highest BCUT2D eigenvalue weighted by Crippen LogP contribution is 2.41. The van der Waals surface area contributed by atoms with Crippen molar-refractivity contribution in [1.29, 1.82) is 0 Å². The summed E-state index contributed by atoms with van der Waals surface area (Å²) in [6, 6.07) is 9.42. The Balaban J connectivity index is 1.78. The largest absolute Gasteiger partial charge is 0.393 e. The Kier molecular flexibility index (Phi) is 5.71. The van der Waals surface area contributed by atoms with Crippen LogP contribution in [0.1, 0.15) is 19.4 Å². The van der Waals surface area contributed by atoms with Gasteiger partial charge in [-0.1, -0.05) is 35.4 Å². The van der Waals surface area contributed by atoms with E-state index in [1.54, 1.807) is 13.8 Å². The maximum absolute atomic E-state index is 10.5. The minimum atomic E-state index is -2.46. The third kappa shape index (κ3) is 4.08. The molecule has 0 saturated carbocycles. The maximum Gasteiger partial charge on any atom is 0.195 e. The molecule has 0 radical (unpaired) electrons. The third-order valence-electron chi connectivity index (χ3n) is 4.54. The summed E-state index contributed by atoms with van der Waals surface area (Å²) in [6.07, 6.45) is -5.24. The van der Waals surface area contributed by atoms with Gasteiger partial charge in [0.1, 0.15) is 24.4 Å². The summed E-state index contributed by atoms with van der Waals surface area (Å²) < 4.78 is 23.1. The van der Waals surface area contributed by atoms with Crippen LogP contribution in [0.5, 0.6) is 0 Å². The van der Waals surface area contributed by atoms with E-state index in [9.17, 15) is 15.3 Å². The molecule has 0 aliphatic carbocycles. The molecule has 0 spiro atoms. The molecule has 0 amide bonds. The van der Waals surface area contributed by atoms with Crippen LogP contribution in [-0.2, 0) is 25.6 Å². The Morgan fingerprint density at radius 3 is 2.59 bits per heavy atom. The number of benzene rings is 1. The van der Waals surface area contributed by atoms with E-state index >= 15 is 0 Å². The SMILES string of the molecule is CC1(C)O[C@@H]2[C@H](O1)[C@@H](OCc1ccccc1)O[C@@H]2[C@H](O)[C@](O)(CO)N=[N+]=[N-]. The molecular formula is C17H23N3O7. The molecule has 2 heterocycles. The van der Waals surface area contributed by atoms with Gasteiger partial charge in [0.15, 0.2) is 17.8 Å². The molecule has 6 atom stereocenters. The fourth-order valence-electron chi connectivity index (χ4n) is 3.26. The third-order valence-corrected chi connectivity index (χ3v) is 4.54. The van der Waals surface area contributed by atoms with E-state index in [1.807, 2.05) is 30.3 Å². The monoisotopic (exact) mass is 381 g/mol. The second-order valence-electron chi connectivity index (χ2n) is 7.00. The molecule has 2 aliphatic heterocycles. The van der Waals surface area contributed by atoms with Crippen LogP contribution in [0, 0.1) is 0 Å². The first-order valence-electron chi connectivity index (χ1n) is 8.54. The Morgan fingerprint density at radius 2 is 1.96 bits per heavy atom. The average Bonchev–Trinajstić information content (AvgIpc) is 3.13. The molecule has 2 saturated heterocycles. The van der Waals surface area contributed by atoms with Crippen LogP contribution >= 0.6 is 0 Å². The molecule has 0 bridgehead atoms. The first kappa shape index (κ1) is 20.0. The molecule has 2 fully saturated rings. The van der Waals surface area contributed by atoms with Gasteiger partial charge in [-0.25, -0.2) is 0 Å². The van der Waals surface area contributed by atoms with Crippen LogP contribution in [0.4, 0.5) is 0 Å². The normalized spacial score (nSPS) is 32.3. The second kappa shape index (κ2) is 7.70. The van der Waals surface area contributed by atoms with Gasteiger partial charge in [-0.15, -0.1) is 0 Å². The number of azide groups is 1. The molecule has 0 aromatic heterocycles. The van der Waals surface area contributed by atoms with Crippen LogP contribution in [-0.4, -0.2) is 64.1 Å². The highest BCUT2D eigenvalue weighted by Gasteiger charge is 2.60. The van der Waals surface area contributed by atoms with Crippen LogP contribution in [0.2, 0.25) is 0 Å². The summed E-state index contributed by atoms with van der Waals surface area (Å²) in [4.78, 5) is 2.48. The van der Waals surface area contributed by atoms with E-state index in [0.29, 0.717) is 0 Å². The van der Waals surface area contributed by atoms with E-state index in [2.05, 4.69) is 10.0 Å². The van der Waals surface area contributed by atoms with Crippen molar-refractivity contribution in [3.05, 3.63) is 46.3 Å². The molecule has 1 aromatic carbocycles. The summed E-state index contributed by atoms with van der Waals surface area (Å²) >= 11 is 0. The van der Waals surface area contributed by atoms with Crippen molar-refractivity contribution in [3.63, 3.8) is 0 Å². The van der Waals surface area contributed by atoms with Gasteiger partial charge < -0.3 is 34.3 Å². The van der Waals surface area contributed by atoms with E-state index in [1.165, 1.54) is 0 Å². The summed E-state index contributed by atoms with van der Waals surface area (Å²) in [7, 11) is 0. The molecule has 3 rings (SSSR count). The standard InChI is InChI=1S/C17H23N3O7/c1-16(2)26-11-12(14(22)17(23,9-21)19-20-18)25-15(13(11)27-16)24-8-10-6-4-3-5-7-10/h3-7,11-15,21-23H,8-9H2,1-2H3/t11-,12-,13-,14-,15-,17+/m0/s1. The van der Waals surface area contributed by atoms with Gasteiger partial charge in [0.05, 0.1) is 13.2 Å². The van der Waals surface area contributed by atoms with Crippen LogP contribution in [0.25, 0.3) is 10.4 Å². The van der Waals surface area contributed by atoms with Gasteiger partial charge in [0.25, 0.3) is 0 Å². The Bertz CT molecular complexity index is 697. The smallest absolute Gasteiger partial charge is 0.195 e. The number of fused-ring (bicyclic) bond motifs is 1. The molecule has 10 heteroatoms. The molecule has 27 heavy (non-hydrogen) atoms. The minimum absolute atomic E-state index is 0.238. The quantitative estimate of drug-likeness (QED) is 0.359. The lowest BCUT2D eigenvalue weighted by molar-refractivity contribution is -0.258. The highest BCUT2D eigenvalue weighted by atomic mass is 16.8.